The van der Waals surface area contributed by atoms with E-state index in [0.29, 0.717) is 16.9 Å². The van der Waals surface area contributed by atoms with Crippen LogP contribution in [0.25, 0.3) is 16.9 Å². The average molecular weight is 449 g/mol. The van der Waals surface area contributed by atoms with Gasteiger partial charge in [0.15, 0.2) is 10.8 Å². The second-order valence-electron chi connectivity index (χ2n) is 8.06. The molecule has 9 nitrogen and oxygen atoms in total. The monoisotopic (exact) mass is 448 g/mol. The maximum atomic E-state index is 6.42. The number of piperidine rings is 1. The summed E-state index contributed by atoms with van der Waals surface area (Å²) >= 11 is 12.4. The van der Waals surface area contributed by atoms with E-state index in [1.165, 1.54) is 0 Å². The molecule has 0 saturated carbocycles. The molecule has 1 spiro atoms. The SMILES string of the molecule is C[C@@H]1OCC2(CCN(c3cnc4c(cnn4-c4cc(N)nc(Cl)c4Cl)n3)CC2)[C@@H]1N. The second kappa shape index (κ2) is 7.19. The predicted octanol–water partition coefficient (Wildman–Crippen LogP) is 2.43. The Morgan fingerprint density at radius 3 is 2.67 bits per heavy atom. The molecule has 2 fully saturated rings. The van der Waals surface area contributed by atoms with Crippen LogP contribution in [0.15, 0.2) is 18.5 Å². The van der Waals surface area contributed by atoms with Gasteiger partial charge < -0.3 is 21.1 Å². The highest BCUT2D eigenvalue weighted by atomic mass is 35.5. The first-order chi connectivity index (χ1) is 14.4. The highest BCUT2D eigenvalue weighted by molar-refractivity contribution is 6.42. The fraction of sp³-hybridized carbons (Fsp3) is 0.474. The molecule has 5 heterocycles. The molecule has 11 heteroatoms. The number of hydrogen-bond acceptors (Lipinski definition) is 8. The molecule has 2 aliphatic rings. The number of ether oxygens (including phenoxy) is 1. The largest absolute Gasteiger partial charge is 0.384 e. The van der Waals surface area contributed by atoms with Crippen molar-refractivity contribution in [1.82, 2.24) is 24.7 Å². The fourth-order valence-corrected chi connectivity index (χ4v) is 4.82. The summed E-state index contributed by atoms with van der Waals surface area (Å²) in [6, 6.07) is 1.68. The van der Waals surface area contributed by atoms with Crippen LogP contribution >= 0.6 is 23.2 Å². The van der Waals surface area contributed by atoms with Crippen LogP contribution in [0.5, 0.6) is 0 Å². The van der Waals surface area contributed by atoms with Gasteiger partial charge in [-0.3, -0.25) is 0 Å². The Balaban J connectivity index is 1.41. The third-order valence-corrected chi connectivity index (χ3v) is 7.08. The number of hydrogen-bond donors (Lipinski definition) is 2. The first-order valence-corrected chi connectivity index (χ1v) is 10.6. The normalized spacial score (nSPS) is 23.5. The third-order valence-electron chi connectivity index (χ3n) is 6.34. The van der Waals surface area contributed by atoms with Crippen molar-refractivity contribution in [2.75, 3.05) is 30.3 Å². The van der Waals surface area contributed by atoms with Crippen LogP contribution in [0.4, 0.5) is 11.6 Å². The minimum Gasteiger partial charge on any atom is -0.384 e. The molecule has 0 unspecified atom stereocenters. The Hall–Kier alpha value is -2.20. The van der Waals surface area contributed by atoms with E-state index >= 15 is 0 Å². The molecule has 0 aliphatic carbocycles. The molecular weight excluding hydrogens is 427 g/mol. The molecule has 0 amide bonds. The molecule has 2 aliphatic heterocycles. The summed E-state index contributed by atoms with van der Waals surface area (Å²) in [6.45, 7) is 4.51. The number of pyridine rings is 1. The third kappa shape index (κ3) is 3.08. The van der Waals surface area contributed by atoms with Gasteiger partial charge in [0.05, 0.1) is 30.8 Å². The van der Waals surface area contributed by atoms with Crippen LogP contribution in [0.2, 0.25) is 10.2 Å². The van der Waals surface area contributed by atoms with Crippen molar-refractivity contribution in [2.45, 2.75) is 31.9 Å². The molecule has 5 rings (SSSR count). The highest BCUT2D eigenvalue weighted by Gasteiger charge is 2.47. The van der Waals surface area contributed by atoms with Crippen molar-refractivity contribution in [1.29, 1.82) is 0 Å². The van der Waals surface area contributed by atoms with Crippen molar-refractivity contribution in [3.8, 4) is 5.69 Å². The van der Waals surface area contributed by atoms with Crippen LogP contribution in [-0.4, -0.2) is 56.6 Å². The van der Waals surface area contributed by atoms with Crippen LogP contribution < -0.4 is 16.4 Å². The van der Waals surface area contributed by atoms with Gasteiger partial charge in [-0.15, -0.1) is 0 Å². The average Bonchev–Trinajstić information content (AvgIpc) is 3.28. The Morgan fingerprint density at radius 2 is 1.97 bits per heavy atom. The van der Waals surface area contributed by atoms with Crippen LogP contribution in [0.1, 0.15) is 19.8 Å². The maximum Gasteiger partial charge on any atom is 0.181 e. The molecule has 158 valence electrons. The fourth-order valence-electron chi connectivity index (χ4n) is 4.44. The lowest BCUT2D eigenvalue weighted by atomic mass is 9.73. The van der Waals surface area contributed by atoms with E-state index in [2.05, 4.69) is 26.9 Å². The first kappa shape index (κ1) is 19.7. The van der Waals surface area contributed by atoms with Gasteiger partial charge >= 0.3 is 0 Å². The molecule has 3 aromatic rings. The number of anilines is 2. The van der Waals surface area contributed by atoms with E-state index in [4.69, 9.17) is 44.4 Å². The van der Waals surface area contributed by atoms with Gasteiger partial charge in [-0.2, -0.15) is 5.10 Å². The van der Waals surface area contributed by atoms with E-state index in [1.54, 1.807) is 23.1 Å². The molecule has 3 aromatic heterocycles. The molecule has 2 atom stereocenters. The van der Waals surface area contributed by atoms with Crippen molar-refractivity contribution < 1.29 is 4.74 Å². The number of rotatable bonds is 2. The second-order valence-corrected chi connectivity index (χ2v) is 8.79. The Morgan fingerprint density at radius 1 is 1.20 bits per heavy atom. The Kier molecular flexibility index (Phi) is 4.73. The van der Waals surface area contributed by atoms with E-state index in [0.717, 1.165) is 38.4 Å². The van der Waals surface area contributed by atoms with E-state index in [9.17, 15) is 0 Å². The molecule has 30 heavy (non-hydrogen) atoms. The number of aromatic nitrogens is 5. The molecule has 0 radical (unpaired) electrons. The van der Waals surface area contributed by atoms with E-state index in [1.807, 2.05) is 0 Å². The zero-order valence-electron chi connectivity index (χ0n) is 16.4. The quantitative estimate of drug-likeness (QED) is 0.573. The number of nitrogen functional groups attached to an aromatic ring is 1. The number of nitrogens with two attached hydrogens (primary N) is 2. The number of nitrogens with zero attached hydrogens (tertiary/aromatic N) is 6. The molecule has 0 aromatic carbocycles. The summed E-state index contributed by atoms with van der Waals surface area (Å²) < 4.78 is 7.38. The lowest BCUT2D eigenvalue weighted by Crippen LogP contribution is -2.50. The number of halogens is 2. The van der Waals surface area contributed by atoms with Gasteiger partial charge in [-0.05, 0) is 19.8 Å². The van der Waals surface area contributed by atoms with Crippen molar-refractivity contribution in [3.63, 3.8) is 0 Å². The summed E-state index contributed by atoms with van der Waals surface area (Å²) in [5, 5.41) is 4.76. The Bertz CT molecular complexity index is 1110. The lowest BCUT2D eigenvalue weighted by molar-refractivity contribution is 0.0974. The van der Waals surface area contributed by atoms with Crippen LogP contribution in [0, 0.1) is 5.41 Å². The maximum absolute atomic E-state index is 6.42. The van der Waals surface area contributed by atoms with Gasteiger partial charge in [0.25, 0.3) is 0 Å². The van der Waals surface area contributed by atoms with Crippen molar-refractivity contribution >= 4 is 46.0 Å². The highest BCUT2D eigenvalue weighted by Crippen LogP contribution is 2.41. The van der Waals surface area contributed by atoms with Gasteiger partial charge in [-0.25, -0.2) is 19.6 Å². The standard InChI is InChI=1S/C19H22Cl2N8O/c1-10-16(23)19(9-30-10)2-4-28(5-3-19)14-8-24-18-11(26-14)7-25-29(18)12-6-13(22)27-17(21)15(12)20/h6-8,10,16H,2-5,9,23H2,1H3,(H2,22,27)/t10-,16+/m0/s1. The summed E-state index contributed by atoms with van der Waals surface area (Å²) in [5.74, 6) is 1.06. The summed E-state index contributed by atoms with van der Waals surface area (Å²) in [6.07, 6.45) is 5.47. The summed E-state index contributed by atoms with van der Waals surface area (Å²) in [4.78, 5) is 15.5. The smallest absolute Gasteiger partial charge is 0.181 e. The van der Waals surface area contributed by atoms with Crippen LogP contribution in [-0.2, 0) is 4.74 Å². The number of fused-ring (bicyclic) bond motifs is 1. The summed E-state index contributed by atoms with van der Waals surface area (Å²) in [7, 11) is 0. The molecule has 0 bridgehead atoms. The Labute approximate surface area is 183 Å². The zero-order valence-corrected chi connectivity index (χ0v) is 17.9. The zero-order chi connectivity index (χ0) is 21.0. The van der Waals surface area contributed by atoms with Gasteiger partial charge in [0.1, 0.15) is 22.2 Å². The van der Waals surface area contributed by atoms with Crippen LogP contribution in [0.3, 0.4) is 0 Å². The van der Waals surface area contributed by atoms with Crippen molar-refractivity contribution in [2.24, 2.45) is 11.1 Å². The lowest BCUT2D eigenvalue weighted by Gasteiger charge is -2.41. The van der Waals surface area contributed by atoms with E-state index < -0.39 is 0 Å². The van der Waals surface area contributed by atoms with Gasteiger partial charge in [0.2, 0.25) is 0 Å². The molecule has 2 saturated heterocycles. The predicted molar refractivity (Wildman–Crippen MR) is 116 cm³/mol. The topological polar surface area (TPSA) is 121 Å². The molecular formula is C19H22Cl2N8O. The van der Waals surface area contributed by atoms with Gasteiger partial charge in [-0.1, -0.05) is 23.2 Å². The minimum absolute atomic E-state index is 0.0651. The minimum atomic E-state index is 0.0651. The first-order valence-electron chi connectivity index (χ1n) is 9.83. The van der Waals surface area contributed by atoms with E-state index in [-0.39, 0.29) is 33.6 Å². The summed E-state index contributed by atoms with van der Waals surface area (Å²) in [5.41, 5.74) is 14.0. The van der Waals surface area contributed by atoms with Crippen molar-refractivity contribution in [3.05, 3.63) is 28.6 Å². The molecule has 4 N–H and O–H groups in total. The van der Waals surface area contributed by atoms with Gasteiger partial charge in [0, 0.05) is 30.6 Å².